The van der Waals surface area contributed by atoms with Crippen molar-refractivity contribution < 1.29 is 4.57 Å². The maximum Gasteiger partial charge on any atom is 0.239 e. The number of azo groups is 1. The SMILES string of the molecule is CCc1ccc2nc3ccc(N=Nc4ccc(N(C)C)cc4)cc3[n+](-c3ccccc3)c2c1. The van der Waals surface area contributed by atoms with Gasteiger partial charge in [0.1, 0.15) is 11.0 Å². The van der Waals surface area contributed by atoms with E-state index in [-0.39, 0.29) is 0 Å². The van der Waals surface area contributed by atoms with Crippen molar-refractivity contribution in [3.05, 3.63) is 96.6 Å². The molecule has 0 unspecified atom stereocenters. The first kappa shape index (κ1) is 20.8. The van der Waals surface area contributed by atoms with Crippen molar-refractivity contribution in [2.24, 2.45) is 10.2 Å². The zero-order chi connectivity index (χ0) is 22.8. The maximum absolute atomic E-state index is 4.93. The van der Waals surface area contributed by atoms with Gasteiger partial charge in [-0.2, -0.15) is 10.2 Å². The van der Waals surface area contributed by atoms with Gasteiger partial charge in [-0.3, -0.25) is 0 Å². The van der Waals surface area contributed by atoms with E-state index in [1.807, 2.05) is 56.6 Å². The standard InChI is InChI=1S/C28H26N5/c1-4-20-10-16-25-27(18-20)33(24-8-6-5-7-9-24)28-19-22(13-17-26(28)29-25)31-30-21-11-14-23(15-12-21)32(2)3/h5-19H,4H2,1-3H3/q+1. The van der Waals surface area contributed by atoms with Crippen LogP contribution in [0.1, 0.15) is 12.5 Å². The molecule has 0 fully saturated rings. The molecule has 0 spiro atoms. The fraction of sp³-hybridized carbons (Fsp3) is 0.143. The third-order valence-electron chi connectivity index (χ3n) is 5.79. The second-order valence-corrected chi connectivity index (χ2v) is 8.24. The minimum Gasteiger partial charge on any atom is -0.378 e. The minimum absolute atomic E-state index is 0.789. The Bertz CT molecular complexity index is 1460. The first-order valence-electron chi connectivity index (χ1n) is 11.2. The molecule has 5 heteroatoms. The molecule has 5 rings (SSSR count). The molecule has 0 atom stereocenters. The van der Waals surface area contributed by atoms with Gasteiger partial charge in [0, 0.05) is 44.0 Å². The van der Waals surface area contributed by atoms with Crippen molar-refractivity contribution in [1.82, 2.24) is 4.98 Å². The fourth-order valence-corrected chi connectivity index (χ4v) is 3.96. The molecule has 4 aromatic carbocycles. The Morgan fingerprint density at radius 1 is 0.727 bits per heavy atom. The average Bonchev–Trinajstić information content (AvgIpc) is 2.86. The van der Waals surface area contributed by atoms with E-state index in [4.69, 9.17) is 4.98 Å². The summed E-state index contributed by atoms with van der Waals surface area (Å²) in [6.45, 7) is 2.17. The summed E-state index contributed by atoms with van der Waals surface area (Å²) >= 11 is 0. The molecule has 0 aliphatic heterocycles. The summed E-state index contributed by atoms with van der Waals surface area (Å²) in [6.07, 6.45) is 0.976. The van der Waals surface area contributed by atoms with Gasteiger partial charge >= 0.3 is 0 Å². The van der Waals surface area contributed by atoms with Gasteiger partial charge in [-0.25, -0.2) is 4.98 Å². The highest BCUT2D eigenvalue weighted by molar-refractivity contribution is 5.84. The summed E-state index contributed by atoms with van der Waals surface area (Å²) in [5.41, 5.74) is 9.10. The number of anilines is 1. The van der Waals surface area contributed by atoms with E-state index in [1.165, 1.54) is 5.56 Å². The van der Waals surface area contributed by atoms with Crippen molar-refractivity contribution >= 4 is 39.1 Å². The van der Waals surface area contributed by atoms with Gasteiger partial charge in [0.2, 0.25) is 16.7 Å². The van der Waals surface area contributed by atoms with Crippen molar-refractivity contribution in [3.8, 4) is 5.69 Å². The molecule has 1 aromatic heterocycles. The zero-order valence-electron chi connectivity index (χ0n) is 19.1. The third-order valence-corrected chi connectivity index (χ3v) is 5.79. The van der Waals surface area contributed by atoms with E-state index in [9.17, 15) is 0 Å². The highest BCUT2D eigenvalue weighted by atomic mass is 15.1. The van der Waals surface area contributed by atoms with E-state index in [0.29, 0.717) is 0 Å². The summed E-state index contributed by atoms with van der Waals surface area (Å²) in [6, 6.07) is 31.0. The van der Waals surface area contributed by atoms with Crippen LogP contribution < -0.4 is 9.47 Å². The van der Waals surface area contributed by atoms with Crippen molar-refractivity contribution in [1.29, 1.82) is 0 Å². The molecule has 5 aromatic rings. The van der Waals surface area contributed by atoms with Crippen LogP contribution >= 0.6 is 0 Å². The molecular formula is C28H26N5+. The number of hydrogen-bond acceptors (Lipinski definition) is 4. The van der Waals surface area contributed by atoms with E-state index in [2.05, 4.69) is 75.2 Å². The third kappa shape index (κ3) is 4.17. The van der Waals surface area contributed by atoms with Crippen LogP contribution in [0.2, 0.25) is 0 Å². The molecule has 0 aliphatic carbocycles. The fourth-order valence-electron chi connectivity index (χ4n) is 3.96. The van der Waals surface area contributed by atoms with Crippen LogP contribution in [0.3, 0.4) is 0 Å². The molecule has 0 amide bonds. The highest BCUT2D eigenvalue weighted by Gasteiger charge is 2.20. The number of fused-ring (bicyclic) bond motifs is 2. The smallest absolute Gasteiger partial charge is 0.239 e. The summed E-state index contributed by atoms with van der Waals surface area (Å²) < 4.78 is 2.27. The number of rotatable bonds is 5. The van der Waals surface area contributed by atoms with Gasteiger partial charge in [-0.15, -0.1) is 4.57 Å². The van der Waals surface area contributed by atoms with Gasteiger partial charge in [-0.1, -0.05) is 31.2 Å². The van der Waals surface area contributed by atoms with Crippen LogP contribution in [-0.4, -0.2) is 19.1 Å². The van der Waals surface area contributed by atoms with Gasteiger partial charge in [0.15, 0.2) is 0 Å². The molecule has 5 nitrogen and oxygen atoms in total. The predicted octanol–water partition coefficient (Wildman–Crippen LogP) is 6.71. The van der Waals surface area contributed by atoms with Gasteiger partial charge in [0.05, 0.1) is 11.4 Å². The quantitative estimate of drug-likeness (QED) is 0.176. The molecule has 33 heavy (non-hydrogen) atoms. The molecule has 1 heterocycles. The number of benzene rings is 4. The topological polar surface area (TPSA) is 44.7 Å². The van der Waals surface area contributed by atoms with Crippen LogP contribution in [-0.2, 0) is 6.42 Å². The number of hydrogen-bond donors (Lipinski definition) is 0. The van der Waals surface area contributed by atoms with Crippen molar-refractivity contribution in [2.45, 2.75) is 13.3 Å². The Hall–Kier alpha value is -4.12. The second-order valence-electron chi connectivity index (χ2n) is 8.24. The molecule has 0 saturated heterocycles. The first-order valence-corrected chi connectivity index (χ1v) is 11.2. The molecule has 0 aliphatic rings. The first-order chi connectivity index (χ1) is 16.1. The summed E-state index contributed by atoms with van der Waals surface area (Å²) in [5.74, 6) is 0. The Labute approximate surface area is 193 Å². The number of aromatic nitrogens is 2. The Kier molecular flexibility index (Phi) is 5.53. The van der Waals surface area contributed by atoms with Gasteiger partial charge in [0.25, 0.3) is 0 Å². The largest absolute Gasteiger partial charge is 0.378 e. The number of para-hydroxylation sites is 1. The lowest BCUT2D eigenvalue weighted by Crippen LogP contribution is -2.33. The van der Waals surface area contributed by atoms with Crippen molar-refractivity contribution in [2.75, 3.05) is 19.0 Å². The second kappa shape index (κ2) is 8.79. The maximum atomic E-state index is 4.93. The summed E-state index contributed by atoms with van der Waals surface area (Å²) in [4.78, 5) is 6.99. The van der Waals surface area contributed by atoms with Crippen LogP contribution in [0, 0.1) is 0 Å². The Morgan fingerprint density at radius 2 is 1.36 bits per heavy atom. The molecule has 0 bridgehead atoms. The van der Waals surface area contributed by atoms with Crippen LogP contribution in [0.25, 0.3) is 27.8 Å². The zero-order valence-corrected chi connectivity index (χ0v) is 19.1. The van der Waals surface area contributed by atoms with Crippen LogP contribution in [0.5, 0.6) is 0 Å². The van der Waals surface area contributed by atoms with E-state index in [1.54, 1.807) is 0 Å². The lowest BCUT2D eigenvalue weighted by molar-refractivity contribution is -0.538. The number of aryl methyl sites for hydroxylation is 1. The van der Waals surface area contributed by atoms with E-state index >= 15 is 0 Å². The van der Waals surface area contributed by atoms with Crippen LogP contribution in [0.4, 0.5) is 17.1 Å². The summed E-state index contributed by atoms with van der Waals surface area (Å²) in [7, 11) is 4.05. The van der Waals surface area contributed by atoms with Gasteiger partial charge in [-0.05, 0) is 54.4 Å². The molecule has 0 radical (unpaired) electrons. The molecule has 0 N–H and O–H groups in total. The van der Waals surface area contributed by atoms with Crippen molar-refractivity contribution in [3.63, 3.8) is 0 Å². The highest BCUT2D eigenvalue weighted by Crippen LogP contribution is 2.25. The Balaban J connectivity index is 1.65. The normalized spacial score (nSPS) is 11.5. The van der Waals surface area contributed by atoms with Crippen LogP contribution in [0.15, 0.2) is 101 Å². The van der Waals surface area contributed by atoms with Gasteiger partial charge < -0.3 is 4.90 Å². The Morgan fingerprint density at radius 3 is 2.06 bits per heavy atom. The predicted molar refractivity (Wildman–Crippen MR) is 135 cm³/mol. The minimum atomic E-state index is 0.789. The average molecular weight is 433 g/mol. The van der Waals surface area contributed by atoms with E-state index < -0.39 is 0 Å². The monoisotopic (exact) mass is 432 g/mol. The molecular weight excluding hydrogens is 406 g/mol. The molecule has 162 valence electrons. The number of nitrogens with zero attached hydrogens (tertiary/aromatic N) is 5. The lowest BCUT2D eigenvalue weighted by atomic mass is 10.1. The molecule has 0 saturated carbocycles. The van der Waals surface area contributed by atoms with E-state index in [0.717, 1.165) is 51.2 Å². The summed E-state index contributed by atoms with van der Waals surface area (Å²) in [5, 5.41) is 8.97. The lowest BCUT2D eigenvalue weighted by Gasteiger charge is -2.11.